The lowest BCUT2D eigenvalue weighted by Gasteiger charge is -2.12. The molecule has 0 unspecified atom stereocenters. The molecule has 1 aliphatic heterocycles. The Morgan fingerprint density at radius 2 is 1.96 bits per heavy atom. The number of aromatic hydroxyl groups is 1. The molecule has 0 atom stereocenters. The maximum atomic E-state index is 12.7. The van der Waals surface area contributed by atoms with Gasteiger partial charge in [0.2, 0.25) is 0 Å². The molecule has 1 heterocycles. The number of rotatable bonds is 4. The van der Waals surface area contributed by atoms with E-state index in [9.17, 15) is 14.7 Å². The number of likely N-dealkylation sites (N-methyl/N-ethyl adjacent to an activating group) is 1. The number of nitrogens with zero attached hydrogens (tertiary/aromatic N) is 2. The number of amidine groups is 1. The number of phenols is 1. The Hall–Kier alpha value is -2.58. The predicted octanol–water partition coefficient (Wildman–Crippen LogP) is 4.48. The fourth-order valence-corrected chi connectivity index (χ4v) is 3.88. The SMILES string of the molecule is CCN1C(=O)/C(=C\c2ccc(O)c(Br)c2)SC1=Nc1ccc(C(=O)O)cc1. The van der Waals surface area contributed by atoms with Crippen LogP contribution in [0.5, 0.6) is 5.75 Å². The summed E-state index contributed by atoms with van der Waals surface area (Å²) in [5, 5.41) is 19.1. The molecule has 1 saturated heterocycles. The molecule has 0 aliphatic carbocycles. The van der Waals surface area contributed by atoms with Crippen molar-refractivity contribution in [3.63, 3.8) is 0 Å². The van der Waals surface area contributed by atoms with E-state index in [0.717, 1.165) is 5.56 Å². The Bertz CT molecular complexity index is 970. The monoisotopic (exact) mass is 446 g/mol. The van der Waals surface area contributed by atoms with Gasteiger partial charge in [-0.2, -0.15) is 0 Å². The fraction of sp³-hybridized carbons (Fsp3) is 0.105. The third-order valence-electron chi connectivity index (χ3n) is 3.81. The summed E-state index contributed by atoms with van der Waals surface area (Å²) in [6, 6.07) is 11.2. The van der Waals surface area contributed by atoms with E-state index in [0.29, 0.717) is 26.8 Å². The van der Waals surface area contributed by atoms with Crippen LogP contribution in [0.15, 0.2) is 56.8 Å². The summed E-state index contributed by atoms with van der Waals surface area (Å²) in [7, 11) is 0. The van der Waals surface area contributed by atoms with Crippen LogP contribution < -0.4 is 0 Å². The van der Waals surface area contributed by atoms with E-state index >= 15 is 0 Å². The summed E-state index contributed by atoms with van der Waals surface area (Å²) in [6.45, 7) is 2.33. The topological polar surface area (TPSA) is 90.2 Å². The molecule has 2 N–H and O–H groups in total. The van der Waals surface area contributed by atoms with Crippen LogP contribution >= 0.6 is 27.7 Å². The van der Waals surface area contributed by atoms with E-state index in [4.69, 9.17) is 5.11 Å². The van der Waals surface area contributed by atoms with Gasteiger partial charge in [0.1, 0.15) is 5.75 Å². The van der Waals surface area contributed by atoms with Gasteiger partial charge in [0.05, 0.1) is 20.6 Å². The van der Waals surface area contributed by atoms with Crippen molar-refractivity contribution < 1.29 is 19.8 Å². The molecule has 0 spiro atoms. The number of carbonyl (C=O) groups is 2. The molecule has 6 nitrogen and oxygen atoms in total. The average molecular weight is 447 g/mol. The Morgan fingerprint density at radius 1 is 1.26 bits per heavy atom. The summed E-state index contributed by atoms with van der Waals surface area (Å²) in [5.41, 5.74) is 1.53. The molecule has 0 bridgehead atoms. The number of thioether (sulfide) groups is 1. The molecule has 8 heteroatoms. The fourth-order valence-electron chi connectivity index (χ4n) is 2.42. The largest absolute Gasteiger partial charge is 0.507 e. The van der Waals surface area contributed by atoms with Gasteiger partial charge in [-0.15, -0.1) is 0 Å². The van der Waals surface area contributed by atoms with Crippen LogP contribution in [0.1, 0.15) is 22.8 Å². The number of phenolic OH excluding ortho intramolecular Hbond substituents is 1. The van der Waals surface area contributed by atoms with Crippen LogP contribution in [0, 0.1) is 0 Å². The number of hydrogen-bond donors (Lipinski definition) is 2. The second-order valence-electron chi connectivity index (χ2n) is 5.62. The van der Waals surface area contributed by atoms with Crippen LogP contribution in [0.3, 0.4) is 0 Å². The number of carbonyl (C=O) groups excluding carboxylic acids is 1. The summed E-state index contributed by atoms with van der Waals surface area (Å²) >= 11 is 4.52. The Morgan fingerprint density at radius 3 is 2.56 bits per heavy atom. The van der Waals surface area contributed by atoms with Crippen LogP contribution in [0.25, 0.3) is 6.08 Å². The Balaban J connectivity index is 1.90. The molecule has 1 fully saturated rings. The lowest BCUT2D eigenvalue weighted by molar-refractivity contribution is -0.122. The number of carboxylic acids is 1. The number of aromatic carboxylic acids is 1. The van der Waals surface area contributed by atoms with Gasteiger partial charge in [-0.25, -0.2) is 9.79 Å². The molecule has 27 heavy (non-hydrogen) atoms. The molecule has 138 valence electrons. The maximum absolute atomic E-state index is 12.7. The van der Waals surface area contributed by atoms with Crippen LogP contribution in [-0.4, -0.2) is 38.7 Å². The zero-order valence-electron chi connectivity index (χ0n) is 14.2. The van der Waals surface area contributed by atoms with Gasteiger partial charge in [-0.05, 0) is 82.7 Å². The molecule has 0 aromatic heterocycles. The number of hydrogen-bond acceptors (Lipinski definition) is 5. The quantitative estimate of drug-likeness (QED) is 0.675. The number of aliphatic imine (C=N–C) groups is 1. The summed E-state index contributed by atoms with van der Waals surface area (Å²) in [5.74, 6) is -1.02. The summed E-state index contributed by atoms with van der Waals surface area (Å²) in [6.07, 6.45) is 1.75. The first-order chi connectivity index (χ1) is 12.9. The highest BCUT2D eigenvalue weighted by molar-refractivity contribution is 9.10. The van der Waals surface area contributed by atoms with Gasteiger partial charge in [-0.1, -0.05) is 6.07 Å². The third kappa shape index (κ3) is 4.23. The number of amides is 1. The van der Waals surface area contributed by atoms with Gasteiger partial charge < -0.3 is 10.2 Å². The van der Waals surface area contributed by atoms with Crippen molar-refractivity contribution in [3.8, 4) is 5.75 Å². The van der Waals surface area contributed by atoms with Crippen molar-refractivity contribution in [3.05, 3.63) is 63.0 Å². The lowest BCUT2D eigenvalue weighted by Crippen LogP contribution is -2.28. The van der Waals surface area contributed by atoms with E-state index in [1.165, 1.54) is 23.9 Å². The van der Waals surface area contributed by atoms with E-state index in [1.54, 1.807) is 41.3 Å². The average Bonchev–Trinajstić information content (AvgIpc) is 2.93. The van der Waals surface area contributed by atoms with Crippen molar-refractivity contribution in [2.24, 2.45) is 4.99 Å². The first kappa shape index (κ1) is 19.2. The minimum Gasteiger partial charge on any atom is -0.507 e. The normalized spacial score (nSPS) is 17.1. The third-order valence-corrected chi connectivity index (χ3v) is 5.45. The van der Waals surface area contributed by atoms with E-state index < -0.39 is 5.97 Å². The highest BCUT2D eigenvalue weighted by Gasteiger charge is 2.32. The van der Waals surface area contributed by atoms with Crippen LogP contribution in [-0.2, 0) is 4.79 Å². The van der Waals surface area contributed by atoms with Gasteiger partial charge >= 0.3 is 5.97 Å². The molecule has 3 rings (SSSR count). The second kappa shape index (κ2) is 7.98. The van der Waals surface area contributed by atoms with Crippen molar-refractivity contribution in [2.75, 3.05) is 6.54 Å². The smallest absolute Gasteiger partial charge is 0.335 e. The van der Waals surface area contributed by atoms with Gasteiger partial charge in [-0.3, -0.25) is 9.69 Å². The Labute approximate surface area is 168 Å². The van der Waals surface area contributed by atoms with Crippen molar-refractivity contribution in [1.82, 2.24) is 4.90 Å². The van der Waals surface area contributed by atoms with E-state index in [-0.39, 0.29) is 17.2 Å². The number of carboxylic acid groups (broad SMARTS) is 1. The van der Waals surface area contributed by atoms with Gasteiger partial charge in [0, 0.05) is 6.54 Å². The first-order valence-corrected chi connectivity index (χ1v) is 9.62. The second-order valence-corrected chi connectivity index (χ2v) is 7.48. The minimum absolute atomic E-state index is 0.129. The van der Waals surface area contributed by atoms with Crippen molar-refractivity contribution in [1.29, 1.82) is 0 Å². The lowest BCUT2D eigenvalue weighted by atomic mass is 10.2. The van der Waals surface area contributed by atoms with Crippen molar-refractivity contribution >= 4 is 56.5 Å². The molecule has 1 aliphatic rings. The standard InChI is InChI=1S/C19H15BrN2O4S/c1-2-22-17(24)16(10-11-3-8-15(23)14(20)9-11)27-19(22)21-13-6-4-12(5-7-13)18(25)26/h3-10,23H,2H2,1H3,(H,25,26)/b16-10+,21-19?. The van der Waals surface area contributed by atoms with Gasteiger partial charge in [0.15, 0.2) is 5.17 Å². The van der Waals surface area contributed by atoms with Crippen LogP contribution in [0.2, 0.25) is 0 Å². The minimum atomic E-state index is -1.000. The highest BCUT2D eigenvalue weighted by atomic mass is 79.9. The molecule has 2 aromatic rings. The Kier molecular flexibility index (Phi) is 5.67. The molecular formula is C19H15BrN2O4S. The first-order valence-electron chi connectivity index (χ1n) is 8.01. The number of benzene rings is 2. The zero-order valence-corrected chi connectivity index (χ0v) is 16.6. The predicted molar refractivity (Wildman–Crippen MR) is 109 cm³/mol. The van der Waals surface area contributed by atoms with E-state index in [2.05, 4.69) is 20.9 Å². The van der Waals surface area contributed by atoms with Crippen LogP contribution in [0.4, 0.5) is 5.69 Å². The zero-order chi connectivity index (χ0) is 19.6. The molecule has 1 amide bonds. The summed E-state index contributed by atoms with van der Waals surface area (Å²) < 4.78 is 0.548. The van der Waals surface area contributed by atoms with Crippen molar-refractivity contribution in [2.45, 2.75) is 6.92 Å². The molecule has 0 saturated carbocycles. The highest BCUT2D eigenvalue weighted by Crippen LogP contribution is 2.35. The molecule has 2 aromatic carbocycles. The van der Waals surface area contributed by atoms with E-state index in [1.807, 2.05) is 6.92 Å². The molecule has 0 radical (unpaired) electrons. The maximum Gasteiger partial charge on any atom is 0.335 e. The summed E-state index contributed by atoms with van der Waals surface area (Å²) in [4.78, 5) is 30.2. The van der Waals surface area contributed by atoms with Gasteiger partial charge in [0.25, 0.3) is 5.91 Å². The number of halogens is 1. The molecular weight excluding hydrogens is 432 g/mol.